The Morgan fingerprint density at radius 2 is 2.05 bits per heavy atom. The largest absolute Gasteiger partial charge is 0.317 e. The molecule has 0 aliphatic carbocycles. The van der Waals surface area contributed by atoms with Crippen molar-refractivity contribution in [1.29, 1.82) is 0 Å². The van der Waals surface area contributed by atoms with E-state index in [9.17, 15) is 9.18 Å². The van der Waals surface area contributed by atoms with Gasteiger partial charge in [-0.3, -0.25) is 4.79 Å². The van der Waals surface area contributed by atoms with Crippen LogP contribution in [0.25, 0.3) is 0 Å². The van der Waals surface area contributed by atoms with Gasteiger partial charge in [0.25, 0.3) is 0 Å². The lowest BCUT2D eigenvalue weighted by Crippen LogP contribution is -2.41. The molecule has 0 saturated carbocycles. The molecule has 2 aliphatic rings. The Morgan fingerprint density at radius 3 is 2.84 bits per heavy atom. The van der Waals surface area contributed by atoms with Crippen LogP contribution in [0.3, 0.4) is 0 Å². The van der Waals surface area contributed by atoms with Crippen molar-refractivity contribution in [3.63, 3.8) is 0 Å². The quantitative estimate of drug-likeness (QED) is 0.885. The second-order valence-corrected chi connectivity index (χ2v) is 5.47. The van der Waals surface area contributed by atoms with E-state index >= 15 is 0 Å². The maximum atomic E-state index is 13.3. The number of halogens is 1. The van der Waals surface area contributed by atoms with Gasteiger partial charge >= 0.3 is 0 Å². The topological polar surface area (TPSA) is 32.3 Å². The van der Waals surface area contributed by atoms with E-state index in [1.165, 1.54) is 6.07 Å². The summed E-state index contributed by atoms with van der Waals surface area (Å²) in [7, 11) is 0. The van der Waals surface area contributed by atoms with Crippen molar-refractivity contribution in [3.8, 4) is 0 Å². The Bertz CT molecular complexity index is 483. The third-order valence-electron chi connectivity index (χ3n) is 4.14. The van der Waals surface area contributed by atoms with Gasteiger partial charge in [-0.05, 0) is 62.0 Å². The van der Waals surface area contributed by atoms with E-state index in [4.69, 9.17) is 0 Å². The van der Waals surface area contributed by atoms with Crippen molar-refractivity contribution in [2.45, 2.75) is 25.7 Å². The highest BCUT2D eigenvalue weighted by atomic mass is 19.1. The van der Waals surface area contributed by atoms with Gasteiger partial charge in [-0.15, -0.1) is 0 Å². The van der Waals surface area contributed by atoms with Gasteiger partial charge in [-0.2, -0.15) is 0 Å². The van der Waals surface area contributed by atoms with Gasteiger partial charge in [0.2, 0.25) is 5.91 Å². The molecule has 3 nitrogen and oxygen atoms in total. The van der Waals surface area contributed by atoms with Crippen molar-refractivity contribution in [2.75, 3.05) is 24.5 Å². The fourth-order valence-electron chi connectivity index (χ4n) is 3.05. The molecule has 0 aromatic heterocycles. The second-order valence-electron chi connectivity index (χ2n) is 5.47. The zero-order chi connectivity index (χ0) is 13.2. The molecule has 1 aromatic rings. The minimum absolute atomic E-state index is 0.178. The molecular formula is C15H19FN2O. The Labute approximate surface area is 112 Å². The SMILES string of the molecule is O=C1CCc2cc(F)ccc2N1CC1CCNCC1. The third kappa shape index (κ3) is 2.63. The molecule has 0 bridgehead atoms. The summed E-state index contributed by atoms with van der Waals surface area (Å²) in [6, 6.07) is 4.77. The number of benzene rings is 1. The predicted octanol–water partition coefficient (Wildman–Crippen LogP) is 2.10. The number of piperidine rings is 1. The number of nitrogens with zero attached hydrogens (tertiary/aromatic N) is 1. The predicted molar refractivity (Wildman–Crippen MR) is 72.7 cm³/mol. The highest BCUT2D eigenvalue weighted by Gasteiger charge is 2.27. The summed E-state index contributed by atoms with van der Waals surface area (Å²) in [5, 5.41) is 3.34. The molecule has 0 radical (unpaired) electrons. The lowest BCUT2D eigenvalue weighted by atomic mass is 9.94. The normalized spacial score (nSPS) is 20.5. The summed E-state index contributed by atoms with van der Waals surface area (Å²) >= 11 is 0. The number of hydrogen-bond acceptors (Lipinski definition) is 2. The molecule has 1 aromatic carbocycles. The van der Waals surface area contributed by atoms with Crippen molar-refractivity contribution < 1.29 is 9.18 Å². The maximum Gasteiger partial charge on any atom is 0.227 e. The number of rotatable bonds is 2. The molecule has 0 unspecified atom stereocenters. The zero-order valence-electron chi connectivity index (χ0n) is 11.0. The molecular weight excluding hydrogens is 243 g/mol. The van der Waals surface area contributed by atoms with Gasteiger partial charge in [0, 0.05) is 18.7 Å². The Morgan fingerprint density at radius 1 is 1.26 bits per heavy atom. The molecule has 0 spiro atoms. The summed E-state index contributed by atoms with van der Waals surface area (Å²) in [4.78, 5) is 14.0. The summed E-state index contributed by atoms with van der Waals surface area (Å²) in [5.74, 6) is 0.522. The first-order valence-corrected chi connectivity index (χ1v) is 7.03. The number of amides is 1. The van der Waals surface area contributed by atoms with Crippen LogP contribution in [0.1, 0.15) is 24.8 Å². The average molecular weight is 262 g/mol. The first kappa shape index (κ1) is 12.6. The van der Waals surface area contributed by atoms with Crippen LogP contribution in [-0.4, -0.2) is 25.5 Å². The standard InChI is InChI=1S/C15H19FN2O/c16-13-2-3-14-12(9-13)1-4-15(19)18(14)10-11-5-7-17-8-6-11/h2-3,9,11,17H,1,4-8,10H2. The van der Waals surface area contributed by atoms with Crippen LogP contribution in [0.4, 0.5) is 10.1 Å². The zero-order valence-corrected chi connectivity index (χ0v) is 11.0. The maximum absolute atomic E-state index is 13.3. The number of fused-ring (bicyclic) bond motifs is 1. The van der Waals surface area contributed by atoms with E-state index in [0.29, 0.717) is 18.8 Å². The van der Waals surface area contributed by atoms with Crippen molar-refractivity contribution in [1.82, 2.24) is 5.32 Å². The number of carbonyl (C=O) groups is 1. The van der Waals surface area contributed by atoms with E-state index < -0.39 is 0 Å². The number of anilines is 1. The van der Waals surface area contributed by atoms with Gasteiger partial charge in [0.1, 0.15) is 5.82 Å². The minimum Gasteiger partial charge on any atom is -0.317 e. The van der Waals surface area contributed by atoms with Crippen LogP contribution in [0.2, 0.25) is 0 Å². The molecule has 1 fully saturated rings. The van der Waals surface area contributed by atoms with E-state index in [-0.39, 0.29) is 11.7 Å². The van der Waals surface area contributed by atoms with E-state index in [1.54, 1.807) is 12.1 Å². The molecule has 1 amide bonds. The van der Waals surface area contributed by atoms with Gasteiger partial charge in [-0.1, -0.05) is 0 Å². The van der Waals surface area contributed by atoms with Gasteiger partial charge in [-0.25, -0.2) is 4.39 Å². The lowest BCUT2D eigenvalue weighted by molar-refractivity contribution is -0.119. The van der Waals surface area contributed by atoms with Crippen LogP contribution < -0.4 is 10.2 Å². The Hall–Kier alpha value is -1.42. The van der Waals surface area contributed by atoms with Crippen LogP contribution in [0, 0.1) is 11.7 Å². The summed E-state index contributed by atoms with van der Waals surface area (Å²) < 4.78 is 13.3. The van der Waals surface area contributed by atoms with Crippen molar-refractivity contribution in [3.05, 3.63) is 29.6 Å². The summed E-state index contributed by atoms with van der Waals surface area (Å²) in [5.41, 5.74) is 1.88. The van der Waals surface area contributed by atoms with E-state index in [0.717, 1.165) is 43.7 Å². The molecule has 2 aliphatic heterocycles. The molecule has 19 heavy (non-hydrogen) atoms. The van der Waals surface area contributed by atoms with E-state index in [1.807, 2.05) is 4.90 Å². The molecule has 1 N–H and O–H groups in total. The van der Waals surface area contributed by atoms with Crippen LogP contribution >= 0.6 is 0 Å². The fourth-order valence-corrected chi connectivity index (χ4v) is 3.05. The molecule has 102 valence electrons. The highest BCUT2D eigenvalue weighted by Crippen LogP contribution is 2.30. The van der Waals surface area contributed by atoms with Crippen molar-refractivity contribution in [2.24, 2.45) is 5.92 Å². The highest BCUT2D eigenvalue weighted by molar-refractivity contribution is 5.96. The third-order valence-corrected chi connectivity index (χ3v) is 4.14. The van der Waals surface area contributed by atoms with Gasteiger partial charge in [0.15, 0.2) is 0 Å². The minimum atomic E-state index is -0.213. The van der Waals surface area contributed by atoms with Gasteiger partial charge in [0.05, 0.1) is 0 Å². The Balaban J connectivity index is 1.82. The first-order chi connectivity index (χ1) is 9.24. The smallest absolute Gasteiger partial charge is 0.227 e. The molecule has 4 heteroatoms. The molecule has 2 heterocycles. The fraction of sp³-hybridized carbons (Fsp3) is 0.533. The van der Waals surface area contributed by atoms with Crippen LogP contribution in [0.15, 0.2) is 18.2 Å². The number of hydrogen-bond donors (Lipinski definition) is 1. The van der Waals surface area contributed by atoms with Crippen molar-refractivity contribution >= 4 is 11.6 Å². The number of nitrogens with one attached hydrogen (secondary N) is 1. The summed E-state index contributed by atoms with van der Waals surface area (Å²) in [6.07, 6.45) is 3.39. The van der Waals surface area contributed by atoms with Crippen LogP contribution in [0.5, 0.6) is 0 Å². The monoisotopic (exact) mass is 262 g/mol. The Kier molecular flexibility index (Phi) is 3.51. The second kappa shape index (κ2) is 5.29. The summed E-state index contributed by atoms with van der Waals surface area (Å²) in [6.45, 7) is 2.84. The van der Waals surface area contributed by atoms with Crippen LogP contribution in [-0.2, 0) is 11.2 Å². The average Bonchev–Trinajstić information content (AvgIpc) is 2.43. The van der Waals surface area contributed by atoms with E-state index in [2.05, 4.69) is 5.32 Å². The number of carbonyl (C=O) groups excluding carboxylic acids is 1. The number of aryl methyl sites for hydroxylation is 1. The molecule has 3 rings (SSSR count). The lowest BCUT2D eigenvalue weighted by Gasteiger charge is -2.34. The molecule has 1 saturated heterocycles. The first-order valence-electron chi connectivity index (χ1n) is 7.03. The molecule has 0 atom stereocenters. The van der Waals surface area contributed by atoms with Gasteiger partial charge < -0.3 is 10.2 Å².